The van der Waals surface area contributed by atoms with Crippen LogP contribution < -0.4 is 14.8 Å². The van der Waals surface area contributed by atoms with Gasteiger partial charge in [-0.3, -0.25) is 4.79 Å². The van der Waals surface area contributed by atoms with E-state index >= 15 is 0 Å². The molecule has 2 aromatic carbocycles. The number of fused-ring (bicyclic) bond motifs is 1. The van der Waals surface area contributed by atoms with E-state index in [9.17, 15) is 9.59 Å². The summed E-state index contributed by atoms with van der Waals surface area (Å²) in [5.74, 6) is 0.725. The molecule has 1 N–H and O–H groups in total. The molecule has 1 atom stereocenters. The number of benzene rings is 2. The van der Waals surface area contributed by atoms with Gasteiger partial charge in [-0.2, -0.15) is 0 Å². The second-order valence-corrected chi connectivity index (χ2v) is 5.64. The molecule has 3 rings (SSSR count). The molecule has 2 aromatic rings. The molecule has 0 radical (unpaired) electrons. The number of rotatable bonds is 5. The second kappa shape index (κ2) is 6.78. The third-order valence-corrected chi connectivity index (χ3v) is 4.09. The maximum absolute atomic E-state index is 11.9. The van der Waals surface area contributed by atoms with Crippen LogP contribution in [0.15, 0.2) is 30.3 Å². The van der Waals surface area contributed by atoms with Crippen LogP contribution in [0.5, 0.6) is 11.5 Å². The van der Waals surface area contributed by atoms with Gasteiger partial charge in [0.2, 0.25) is 5.91 Å². The van der Waals surface area contributed by atoms with E-state index in [1.807, 2.05) is 18.2 Å². The third-order valence-electron chi connectivity index (χ3n) is 4.09. The molecule has 1 unspecified atom stereocenters. The topological polar surface area (TPSA) is 73.9 Å². The number of amides is 1. The Balaban J connectivity index is 1.91. The summed E-state index contributed by atoms with van der Waals surface area (Å²) in [6.45, 7) is 0.409. The predicted molar refractivity (Wildman–Crippen MR) is 88.5 cm³/mol. The minimum absolute atomic E-state index is 0.0315. The Morgan fingerprint density at radius 1 is 1.25 bits per heavy atom. The van der Waals surface area contributed by atoms with Crippen molar-refractivity contribution in [1.82, 2.24) is 5.32 Å². The summed E-state index contributed by atoms with van der Waals surface area (Å²) in [7, 11) is 2.84. The average Bonchev–Trinajstić information content (AvgIpc) is 3.03. The van der Waals surface area contributed by atoms with Crippen LogP contribution in [0.4, 0.5) is 0 Å². The molecule has 6 nitrogen and oxygen atoms in total. The molecular weight excluding hydrogens is 310 g/mol. The number of ether oxygens (including phenoxy) is 3. The van der Waals surface area contributed by atoms with Crippen LogP contribution in [0.2, 0.25) is 0 Å². The molecule has 6 heteroatoms. The van der Waals surface area contributed by atoms with Gasteiger partial charge < -0.3 is 19.5 Å². The van der Waals surface area contributed by atoms with Crippen LogP contribution in [0.25, 0.3) is 10.8 Å². The Kier molecular flexibility index (Phi) is 4.55. The number of methoxy groups -OCH3 is 2. The number of carbonyl (C=O) groups excluding carboxylic acids is 2. The van der Waals surface area contributed by atoms with E-state index in [1.54, 1.807) is 12.1 Å². The monoisotopic (exact) mass is 329 g/mol. The molecule has 24 heavy (non-hydrogen) atoms. The predicted octanol–water partition coefficient (Wildman–Crippen LogP) is 2.29. The van der Waals surface area contributed by atoms with Crippen molar-refractivity contribution in [2.45, 2.75) is 18.9 Å². The Bertz CT molecular complexity index is 786. The lowest BCUT2D eigenvalue weighted by Crippen LogP contribution is -2.30. The van der Waals surface area contributed by atoms with Crippen molar-refractivity contribution >= 4 is 22.6 Å². The highest BCUT2D eigenvalue weighted by molar-refractivity contribution is 6.00. The van der Waals surface area contributed by atoms with Crippen LogP contribution in [0.3, 0.4) is 0 Å². The fourth-order valence-corrected chi connectivity index (χ4v) is 2.83. The Morgan fingerprint density at radius 3 is 2.75 bits per heavy atom. The summed E-state index contributed by atoms with van der Waals surface area (Å²) >= 11 is 0. The van der Waals surface area contributed by atoms with Crippen molar-refractivity contribution in [3.63, 3.8) is 0 Å². The maximum atomic E-state index is 11.9. The van der Waals surface area contributed by atoms with Gasteiger partial charge >= 0.3 is 5.97 Å². The van der Waals surface area contributed by atoms with E-state index in [2.05, 4.69) is 5.32 Å². The SMILES string of the molecule is COC(=O)c1cc2cccc(OCC3CCC(=O)N3)c2cc1OC. The molecule has 1 aliphatic heterocycles. The van der Waals surface area contributed by atoms with Crippen LogP contribution in [0, 0.1) is 0 Å². The van der Waals surface area contributed by atoms with Crippen molar-refractivity contribution in [2.24, 2.45) is 0 Å². The largest absolute Gasteiger partial charge is 0.496 e. The van der Waals surface area contributed by atoms with Crippen molar-refractivity contribution in [3.05, 3.63) is 35.9 Å². The number of carbonyl (C=O) groups is 2. The highest BCUT2D eigenvalue weighted by Crippen LogP contribution is 2.32. The summed E-state index contributed by atoms with van der Waals surface area (Å²) in [6, 6.07) is 9.14. The number of nitrogens with one attached hydrogen (secondary N) is 1. The summed E-state index contributed by atoms with van der Waals surface area (Å²) in [6.07, 6.45) is 1.32. The van der Waals surface area contributed by atoms with Gasteiger partial charge in [-0.1, -0.05) is 12.1 Å². The molecular formula is C18H19NO5. The van der Waals surface area contributed by atoms with Gasteiger partial charge in [0.15, 0.2) is 0 Å². The normalized spacial score (nSPS) is 16.8. The van der Waals surface area contributed by atoms with Crippen LogP contribution in [-0.2, 0) is 9.53 Å². The first-order chi connectivity index (χ1) is 11.6. The highest BCUT2D eigenvalue weighted by atomic mass is 16.5. The quantitative estimate of drug-likeness (QED) is 0.852. The molecule has 1 aliphatic rings. The Labute approximate surface area is 139 Å². The van der Waals surface area contributed by atoms with Gasteiger partial charge in [0.1, 0.15) is 23.7 Å². The van der Waals surface area contributed by atoms with Gasteiger partial charge in [0.05, 0.1) is 20.3 Å². The second-order valence-electron chi connectivity index (χ2n) is 5.64. The van der Waals surface area contributed by atoms with Gasteiger partial charge in [-0.25, -0.2) is 4.79 Å². The van der Waals surface area contributed by atoms with E-state index in [-0.39, 0.29) is 11.9 Å². The standard InChI is InChI=1S/C18H19NO5/c1-22-16-9-13-11(8-14(16)18(21)23-2)4-3-5-15(13)24-10-12-6-7-17(20)19-12/h3-5,8-9,12H,6-7,10H2,1-2H3,(H,19,20). The molecule has 0 aromatic heterocycles. The summed E-state index contributed by atoms with van der Waals surface area (Å²) in [4.78, 5) is 23.1. The van der Waals surface area contributed by atoms with Crippen LogP contribution >= 0.6 is 0 Å². The van der Waals surface area contributed by atoms with Gasteiger partial charge in [-0.05, 0) is 30.0 Å². The first kappa shape index (κ1) is 16.1. The van der Waals surface area contributed by atoms with Crippen molar-refractivity contribution in [2.75, 3.05) is 20.8 Å². The zero-order chi connectivity index (χ0) is 17.1. The summed E-state index contributed by atoms with van der Waals surface area (Å²) in [5.41, 5.74) is 0.368. The zero-order valence-electron chi connectivity index (χ0n) is 13.6. The molecule has 1 fully saturated rings. The molecule has 0 aliphatic carbocycles. The van der Waals surface area contributed by atoms with E-state index in [1.165, 1.54) is 14.2 Å². The van der Waals surface area contributed by atoms with Crippen LogP contribution in [-0.4, -0.2) is 38.7 Å². The summed E-state index contributed by atoms with van der Waals surface area (Å²) in [5, 5.41) is 4.57. The molecule has 0 bridgehead atoms. The maximum Gasteiger partial charge on any atom is 0.341 e. The lowest BCUT2D eigenvalue weighted by Gasteiger charge is -2.15. The first-order valence-electron chi connectivity index (χ1n) is 7.73. The van der Waals surface area contributed by atoms with E-state index < -0.39 is 5.97 Å². The third kappa shape index (κ3) is 3.13. The molecule has 126 valence electrons. The van der Waals surface area contributed by atoms with Gasteiger partial charge in [-0.15, -0.1) is 0 Å². The molecule has 0 spiro atoms. The van der Waals surface area contributed by atoms with Crippen molar-refractivity contribution in [3.8, 4) is 11.5 Å². The van der Waals surface area contributed by atoms with Crippen LogP contribution in [0.1, 0.15) is 23.2 Å². The number of esters is 1. The lowest BCUT2D eigenvalue weighted by atomic mass is 10.0. The van der Waals surface area contributed by atoms with Crippen molar-refractivity contribution < 1.29 is 23.8 Å². The van der Waals surface area contributed by atoms with E-state index in [4.69, 9.17) is 14.2 Å². The smallest absolute Gasteiger partial charge is 0.341 e. The number of hydrogen-bond donors (Lipinski definition) is 1. The molecule has 1 amide bonds. The Morgan fingerprint density at radius 2 is 2.08 bits per heavy atom. The molecule has 0 saturated carbocycles. The van der Waals surface area contributed by atoms with E-state index in [0.29, 0.717) is 30.1 Å². The molecule has 1 saturated heterocycles. The zero-order valence-corrected chi connectivity index (χ0v) is 13.6. The first-order valence-corrected chi connectivity index (χ1v) is 7.73. The minimum Gasteiger partial charge on any atom is -0.496 e. The number of hydrogen-bond acceptors (Lipinski definition) is 5. The van der Waals surface area contributed by atoms with Crippen molar-refractivity contribution in [1.29, 1.82) is 0 Å². The fraction of sp³-hybridized carbons (Fsp3) is 0.333. The highest BCUT2D eigenvalue weighted by Gasteiger charge is 2.21. The average molecular weight is 329 g/mol. The minimum atomic E-state index is -0.450. The fourth-order valence-electron chi connectivity index (χ4n) is 2.83. The Hall–Kier alpha value is -2.76. The van der Waals surface area contributed by atoms with Gasteiger partial charge in [0.25, 0.3) is 0 Å². The lowest BCUT2D eigenvalue weighted by molar-refractivity contribution is -0.119. The van der Waals surface area contributed by atoms with Gasteiger partial charge in [0, 0.05) is 11.8 Å². The summed E-state index contributed by atoms with van der Waals surface area (Å²) < 4.78 is 16.0. The van der Waals surface area contributed by atoms with E-state index in [0.717, 1.165) is 17.2 Å². The molecule has 1 heterocycles.